The summed E-state index contributed by atoms with van der Waals surface area (Å²) in [4.78, 5) is 9.24. The Morgan fingerprint density at radius 3 is 2.62 bits per heavy atom. The molecular formula is C19H20N6O. The van der Waals surface area contributed by atoms with Gasteiger partial charge in [0.15, 0.2) is 5.65 Å². The van der Waals surface area contributed by atoms with E-state index in [4.69, 9.17) is 15.2 Å². The molecule has 3 heterocycles. The minimum absolute atomic E-state index is 0.247. The number of nitrogens with zero attached hydrogens (tertiary/aromatic N) is 5. The van der Waals surface area contributed by atoms with Crippen molar-refractivity contribution in [3.05, 3.63) is 47.8 Å². The topological polar surface area (TPSA) is 95.7 Å². The van der Waals surface area contributed by atoms with Crippen molar-refractivity contribution >= 4 is 11.0 Å². The minimum atomic E-state index is 0.247. The molecule has 0 aliphatic heterocycles. The van der Waals surface area contributed by atoms with E-state index in [9.17, 15) is 0 Å². The Hall–Kier alpha value is -3.06. The first-order chi connectivity index (χ1) is 12.6. The van der Waals surface area contributed by atoms with E-state index in [0.717, 1.165) is 33.4 Å². The molecule has 4 rings (SSSR count). The lowest BCUT2D eigenvalue weighted by Gasteiger charge is -2.07. The number of fused-ring (bicyclic) bond motifs is 1. The summed E-state index contributed by atoms with van der Waals surface area (Å²) in [5.41, 5.74) is 10.1. The van der Waals surface area contributed by atoms with Crippen LogP contribution >= 0.6 is 0 Å². The van der Waals surface area contributed by atoms with Crippen LogP contribution in [0.15, 0.2) is 41.1 Å². The fraction of sp³-hybridized carbons (Fsp3) is 0.263. The quantitative estimate of drug-likeness (QED) is 0.606. The lowest BCUT2D eigenvalue weighted by Crippen LogP contribution is -2.04. The summed E-state index contributed by atoms with van der Waals surface area (Å²) < 4.78 is 7.40. The molecule has 0 bridgehead atoms. The second kappa shape index (κ2) is 6.34. The zero-order chi connectivity index (χ0) is 18.3. The highest BCUT2D eigenvalue weighted by molar-refractivity contribution is 5.80. The highest BCUT2D eigenvalue weighted by Crippen LogP contribution is 2.28. The molecule has 2 N–H and O–H groups in total. The largest absolute Gasteiger partial charge is 0.334 e. The van der Waals surface area contributed by atoms with E-state index >= 15 is 0 Å². The van der Waals surface area contributed by atoms with Gasteiger partial charge in [0.1, 0.15) is 0 Å². The molecule has 26 heavy (non-hydrogen) atoms. The lowest BCUT2D eigenvalue weighted by atomic mass is 10.1. The van der Waals surface area contributed by atoms with Gasteiger partial charge in [-0.2, -0.15) is 10.1 Å². The predicted molar refractivity (Wildman–Crippen MR) is 99.3 cm³/mol. The highest BCUT2D eigenvalue weighted by Gasteiger charge is 2.17. The second-order valence-corrected chi connectivity index (χ2v) is 6.54. The van der Waals surface area contributed by atoms with Gasteiger partial charge in [-0.05, 0) is 32.4 Å². The molecule has 0 aliphatic carbocycles. The Morgan fingerprint density at radius 1 is 1.15 bits per heavy atom. The predicted octanol–water partition coefficient (Wildman–Crippen LogP) is 3.50. The number of hydrogen-bond donors (Lipinski definition) is 1. The van der Waals surface area contributed by atoms with Crippen LogP contribution in [-0.4, -0.2) is 24.9 Å². The van der Waals surface area contributed by atoms with Gasteiger partial charge in [0.25, 0.3) is 5.89 Å². The molecular weight excluding hydrogens is 328 g/mol. The minimum Gasteiger partial charge on any atom is -0.334 e. The fourth-order valence-corrected chi connectivity index (χ4v) is 2.90. The average Bonchev–Trinajstić information content (AvgIpc) is 3.28. The molecule has 0 saturated carbocycles. The van der Waals surface area contributed by atoms with Gasteiger partial charge in [0.2, 0.25) is 5.82 Å². The number of rotatable bonds is 4. The zero-order valence-corrected chi connectivity index (χ0v) is 15.0. The number of benzene rings is 1. The van der Waals surface area contributed by atoms with Crippen LogP contribution < -0.4 is 5.73 Å². The molecule has 132 valence electrons. The van der Waals surface area contributed by atoms with Crippen LogP contribution in [0.3, 0.4) is 0 Å². The Kier molecular flexibility index (Phi) is 4.00. The molecule has 0 spiro atoms. The summed E-state index contributed by atoms with van der Waals surface area (Å²) in [5.74, 6) is 0.994. The maximum Gasteiger partial charge on any atom is 0.260 e. The van der Waals surface area contributed by atoms with E-state index in [1.807, 2.05) is 48.1 Å². The van der Waals surface area contributed by atoms with Crippen LogP contribution in [0.1, 0.15) is 31.1 Å². The monoisotopic (exact) mass is 348 g/mol. The van der Waals surface area contributed by atoms with Crippen LogP contribution in [0.4, 0.5) is 0 Å². The van der Waals surface area contributed by atoms with Crippen LogP contribution in [0, 0.1) is 6.92 Å². The average molecular weight is 348 g/mol. The van der Waals surface area contributed by atoms with E-state index in [1.54, 1.807) is 0 Å². The van der Waals surface area contributed by atoms with E-state index in [0.29, 0.717) is 18.3 Å². The van der Waals surface area contributed by atoms with Gasteiger partial charge in [-0.3, -0.25) is 0 Å². The SMILES string of the molecule is Cc1nc2c(cnn2C(C)C)cc1-c1nc(-c2ccc(CN)cc2)no1. The Balaban J connectivity index is 1.73. The third-order valence-electron chi connectivity index (χ3n) is 4.35. The zero-order valence-electron chi connectivity index (χ0n) is 15.0. The Bertz CT molecular complexity index is 1060. The van der Waals surface area contributed by atoms with Crippen molar-refractivity contribution in [2.24, 2.45) is 5.73 Å². The lowest BCUT2D eigenvalue weighted by molar-refractivity contribution is 0.432. The van der Waals surface area contributed by atoms with Gasteiger partial charge in [0.05, 0.1) is 17.5 Å². The summed E-state index contributed by atoms with van der Waals surface area (Å²) in [7, 11) is 0. The van der Waals surface area contributed by atoms with Gasteiger partial charge >= 0.3 is 0 Å². The van der Waals surface area contributed by atoms with Crippen molar-refractivity contribution in [1.82, 2.24) is 24.9 Å². The van der Waals surface area contributed by atoms with Crippen LogP contribution in [0.5, 0.6) is 0 Å². The molecule has 0 amide bonds. The van der Waals surface area contributed by atoms with Crippen molar-refractivity contribution in [2.75, 3.05) is 0 Å². The smallest absolute Gasteiger partial charge is 0.260 e. The number of hydrogen-bond acceptors (Lipinski definition) is 6. The summed E-state index contributed by atoms with van der Waals surface area (Å²) in [6.45, 7) is 6.61. The first-order valence-corrected chi connectivity index (χ1v) is 8.55. The van der Waals surface area contributed by atoms with Crippen molar-refractivity contribution in [3.8, 4) is 22.8 Å². The standard InChI is InChI=1S/C19H20N6O/c1-11(2)25-18-15(10-21-25)8-16(12(3)22-18)19-23-17(24-26-19)14-6-4-13(9-20)5-7-14/h4-8,10-11H,9,20H2,1-3H3. The maximum atomic E-state index is 5.64. The third kappa shape index (κ3) is 2.76. The molecule has 3 aromatic heterocycles. The number of nitrogens with two attached hydrogens (primary N) is 1. The molecule has 1 aromatic carbocycles. The van der Waals surface area contributed by atoms with Crippen molar-refractivity contribution < 1.29 is 4.52 Å². The van der Waals surface area contributed by atoms with Crippen molar-refractivity contribution in [3.63, 3.8) is 0 Å². The maximum absolute atomic E-state index is 5.64. The third-order valence-corrected chi connectivity index (χ3v) is 4.35. The summed E-state index contributed by atoms with van der Waals surface area (Å²) in [5, 5.41) is 9.47. The molecule has 0 fully saturated rings. The van der Waals surface area contributed by atoms with Crippen LogP contribution in [0.25, 0.3) is 33.9 Å². The molecule has 0 unspecified atom stereocenters. The van der Waals surface area contributed by atoms with Gasteiger partial charge in [0, 0.05) is 23.5 Å². The molecule has 0 radical (unpaired) electrons. The molecule has 4 aromatic rings. The van der Waals surface area contributed by atoms with E-state index in [-0.39, 0.29) is 6.04 Å². The van der Waals surface area contributed by atoms with Gasteiger partial charge in [-0.25, -0.2) is 9.67 Å². The van der Waals surface area contributed by atoms with Gasteiger partial charge < -0.3 is 10.3 Å². The summed E-state index contributed by atoms with van der Waals surface area (Å²) in [6, 6.07) is 10.1. The van der Waals surface area contributed by atoms with Gasteiger partial charge in [-0.15, -0.1) is 0 Å². The molecule has 0 saturated heterocycles. The molecule has 0 atom stereocenters. The second-order valence-electron chi connectivity index (χ2n) is 6.54. The summed E-state index contributed by atoms with van der Waals surface area (Å²) in [6.07, 6.45) is 1.81. The fourth-order valence-electron chi connectivity index (χ4n) is 2.90. The highest BCUT2D eigenvalue weighted by atomic mass is 16.5. The van der Waals surface area contributed by atoms with E-state index in [1.165, 1.54) is 0 Å². The molecule has 7 heteroatoms. The number of aromatic nitrogens is 5. The Morgan fingerprint density at radius 2 is 1.92 bits per heavy atom. The van der Waals surface area contributed by atoms with E-state index in [2.05, 4.69) is 29.1 Å². The van der Waals surface area contributed by atoms with Crippen molar-refractivity contribution in [2.45, 2.75) is 33.4 Å². The van der Waals surface area contributed by atoms with Crippen molar-refractivity contribution in [1.29, 1.82) is 0 Å². The summed E-state index contributed by atoms with van der Waals surface area (Å²) >= 11 is 0. The van der Waals surface area contributed by atoms with Gasteiger partial charge in [-0.1, -0.05) is 29.4 Å². The Labute approximate surface area is 150 Å². The first kappa shape index (κ1) is 16.4. The number of pyridine rings is 1. The first-order valence-electron chi connectivity index (χ1n) is 8.55. The van der Waals surface area contributed by atoms with E-state index < -0.39 is 0 Å². The molecule has 7 nitrogen and oxygen atoms in total. The van der Waals surface area contributed by atoms with Crippen LogP contribution in [-0.2, 0) is 6.54 Å². The number of aryl methyl sites for hydroxylation is 1. The normalized spacial score (nSPS) is 11.6. The van der Waals surface area contributed by atoms with Crippen LogP contribution in [0.2, 0.25) is 0 Å². The molecule has 0 aliphatic rings.